The van der Waals surface area contributed by atoms with E-state index in [0.29, 0.717) is 24.5 Å². The third-order valence-electron chi connectivity index (χ3n) is 4.74. The number of hydrogen-bond donors (Lipinski definition) is 0. The van der Waals surface area contributed by atoms with Gasteiger partial charge in [-0.1, -0.05) is 68.3 Å². The Morgan fingerprint density at radius 1 is 1.04 bits per heavy atom. The Labute approximate surface area is 165 Å². The maximum Gasteiger partial charge on any atom is 0.315 e. The topological polar surface area (TPSA) is 52.6 Å². The second kappa shape index (κ2) is 10.8. The molecule has 1 aromatic carbocycles. The number of halogens is 2. The van der Waals surface area contributed by atoms with Crippen LogP contribution in [-0.2, 0) is 14.3 Å². The molecule has 0 aromatic heterocycles. The molecule has 0 heterocycles. The summed E-state index contributed by atoms with van der Waals surface area (Å²) in [5.74, 6) is -1.45. The molecule has 2 unspecified atom stereocenters. The molecule has 1 aliphatic rings. The van der Waals surface area contributed by atoms with Crippen molar-refractivity contribution in [3.05, 3.63) is 28.2 Å². The van der Waals surface area contributed by atoms with Gasteiger partial charge in [-0.3, -0.25) is 9.59 Å². The zero-order valence-corrected chi connectivity index (χ0v) is 16.7. The van der Waals surface area contributed by atoms with Crippen LogP contribution in [0.15, 0.2) is 18.2 Å². The molecule has 1 aromatic rings. The van der Waals surface area contributed by atoms with Crippen LogP contribution in [0, 0.1) is 11.8 Å². The van der Waals surface area contributed by atoms with E-state index in [2.05, 4.69) is 6.92 Å². The summed E-state index contributed by atoms with van der Waals surface area (Å²) in [7, 11) is 0. The third kappa shape index (κ3) is 5.88. The van der Waals surface area contributed by atoms with Gasteiger partial charge in [0.25, 0.3) is 0 Å². The zero-order chi connectivity index (χ0) is 18.9. The first-order chi connectivity index (χ1) is 12.5. The molecule has 4 nitrogen and oxygen atoms in total. The van der Waals surface area contributed by atoms with E-state index in [1.165, 1.54) is 0 Å². The molecule has 0 aliphatic heterocycles. The molecule has 0 amide bonds. The molecule has 1 saturated carbocycles. The van der Waals surface area contributed by atoms with Gasteiger partial charge in [-0.2, -0.15) is 0 Å². The minimum absolute atomic E-state index is 0.202. The van der Waals surface area contributed by atoms with E-state index in [-0.39, 0.29) is 16.7 Å². The second-order valence-electron chi connectivity index (χ2n) is 6.70. The Balaban J connectivity index is 1.95. The quantitative estimate of drug-likeness (QED) is 0.313. The largest absolute Gasteiger partial charge is 0.465 e. The minimum Gasteiger partial charge on any atom is -0.465 e. The fraction of sp³-hybridized carbons (Fsp3) is 0.600. The molecule has 1 aliphatic carbocycles. The standard InChI is InChI=1S/C20H26Cl2O4/c1-2-3-4-7-13-25-19(23)14-9-5-6-10-15(14)20(24)26-17-12-8-11-16(21)18(17)22/h8,11-12,14-15H,2-7,9-10,13H2,1H3. The van der Waals surface area contributed by atoms with Crippen molar-refractivity contribution in [2.45, 2.75) is 58.3 Å². The van der Waals surface area contributed by atoms with E-state index in [9.17, 15) is 9.59 Å². The Morgan fingerprint density at radius 3 is 2.42 bits per heavy atom. The fourth-order valence-corrected chi connectivity index (χ4v) is 3.58. The van der Waals surface area contributed by atoms with Gasteiger partial charge in [0.15, 0.2) is 5.75 Å². The minimum atomic E-state index is -0.498. The van der Waals surface area contributed by atoms with Crippen LogP contribution in [-0.4, -0.2) is 18.5 Å². The first kappa shape index (κ1) is 21.0. The van der Waals surface area contributed by atoms with Gasteiger partial charge in [0.1, 0.15) is 5.02 Å². The highest BCUT2D eigenvalue weighted by Gasteiger charge is 2.38. The molecular formula is C20H26Cl2O4. The highest BCUT2D eigenvalue weighted by Crippen LogP contribution is 2.35. The number of benzene rings is 1. The first-order valence-corrected chi connectivity index (χ1v) is 10.1. The molecule has 0 spiro atoms. The Kier molecular flexibility index (Phi) is 8.73. The van der Waals surface area contributed by atoms with Crippen LogP contribution >= 0.6 is 23.2 Å². The van der Waals surface area contributed by atoms with E-state index < -0.39 is 17.8 Å². The van der Waals surface area contributed by atoms with Crippen molar-refractivity contribution in [3.63, 3.8) is 0 Å². The number of esters is 2. The maximum atomic E-state index is 12.6. The number of carbonyl (C=O) groups excluding carboxylic acids is 2. The average Bonchev–Trinajstić information content (AvgIpc) is 2.65. The number of hydrogen-bond acceptors (Lipinski definition) is 4. The third-order valence-corrected chi connectivity index (χ3v) is 5.54. The Bertz CT molecular complexity index is 618. The summed E-state index contributed by atoms with van der Waals surface area (Å²) in [6.45, 7) is 2.55. The average molecular weight is 401 g/mol. The SMILES string of the molecule is CCCCCCOC(=O)C1CCCCC1C(=O)Oc1cccc(Cl)c1Cl. The van der Waals surface area contributed by atoms with Crippen molar-refractivity contribution in [2.24, 2.45) is 11.8 Å². The van der Waals surface area contributed by atoms with Gasteiger partial charge < -0.3 is 9.47 Å². The van der Waals surface area contributed by atoms with E-state index in [1.54, 1.807) is 18.2 Å². The van der Waals surface area contributed by atoms with E-state index in [1.807, 2.05) is 0 Å². The molecule has 0 N–H and O–H groups in total. The van der Waals surface area contributed by atoms with E-state index in [0.717, 1.165) is 38.5 Å². The summed E-state index contributed by atoms with van der Waals surface area (Å²) >= 11 is 12.0. The molecule has 0 saturated heterocycles. The molecular weight excluding hydrogens is 375 g/mol. The number of carbonyl (C=O) groups is 2. The lowest BCUT2D eigenvalue weighted by Crippen LogP contribution is -2.36. The monoisotopic (exact) mass is 400 g/mol. The van der Waals surface area contributed by atoms with Crippen LogP contribution in [0.2, 0.25) is 10.0 Å². The Hall–Kier alpha value is -1.26. The summed E-state index contributed by atoms with van der Waals surface area (Å²) in [4.78, 5) is 25.1. The van der Waals surface area contributed by atoms with Gasteiger partial charge >= 0.3 is 11.9 Å². The van der Waals surface area contributed by atoms with Crippen LogP contribution in [0.1, 0.15) is 58.3 Å². The van der Waals surface area contributed by atoms with Crippen LogP contribution < -0.4 is 4.74 Å². The van der Waals surface area contributed by atoms with Crippen molar-refractivity contribution in [2.75, 3.05) is 6.61 Å². The van der Waals surface area contributed by atoms with Crippen LogP contribution in [0.5, 0.6) is 5.75 Å². The number of unbranched alkanes of at least 4 members (excludes halogenated alkanes) is 3. The fourth-order valence-electron chi connectivity index (χ4n) is 3.25. The summed E-state index contributed by atoms with van der Waals surface area (Å²) < 4.78 is 10.8. The molecule has 0 radical (unpaired) electrons. The maximum absolute atomic E-state index is 12.6. The van der Waals surface area contributed by atoms with Gasteiger partial charge in [-0.15, -0.1) is 0 Å². The van der Waals surface area contributed by atoms with Crippen LogP contribution in [0.3, 0.4) is 0 Å². The van der Waals surface area contributed by atoms with Crippen molar-refractivity contribution in [1.29, 1.82) is 0 Å². The molecule has 1 fully saturated rings. The van der Waals surface area contributed by atoms with Gasteiger partial charge in [0, 0.05) is 0 Å². The molecule has 2 atom stereocenters. The molecule has 144 valence electrons. The highest BCUT2D eigenvalue weighted by molar-refractivity contribution is 6.43. The van der Waals surface area contributed by atoms with Crippen LogP contribution in [0.25, 0.3) is 0 Å². The summed E-state index contributed by atoms with van der Waals surface area (Å²) in [5.41, 5.74) is 0. The van der Waals surface area contributed by atoms with Gasteiger partial charge in [0.05, 0.1) is 23.5 Å². The summed E-state index contributed by atoms with van der Waals surface area (Å²) in [6.07, 6.45) is 7.25. The van der Waals surface area contributed by atoms with E-state index >= 15 is 0 Å². The van der Waals surface area contributed by atoms with Gasteiger partial charge in [-0.25, -0.2) is 0 Å². The molecule has 0 bridgehead atoms. The van der Waals surface area contributed by atoms with Crippen molar-refractivity contribution in [1.82, 2.24) is 0 Å². The van der Waals surface area contributed by atoms with Crippen molar-refractivity contribution in [3.8, 4) is 5.75 Å². The Morgan fingerprint density at radius 2 is 1.73 bits per heavy atom. The second-order valence-corrected chi connectivity index (χ2v) is 7.48. The van der Waals surface area contributed by atoms with Gasteiger partial charge in [-0.05, 0) is 31.4 Å². The molecule has 26 heavy (non-hydrogen) atoms. The smallest absolute Gasteiger partial charge is 0.315 e. The highest BCUT2D eigenvalue weighted by atomic mass is 35.5. The van der Waals surface area contributed by atoms with E-state index in [4.69, 9.17) is 32.7 Å². The van der Waals surface area contributed by atoms with Gasteiger partial charge in [0.2, 0.25) is 0 Å². The first-order valence-electron chi connectivity index (χ1n) is 9.37. The normalized spacial score (nSPS) is 19.8. The van der Waals surface area contributed by atoms with Crippen molar-refractivity contribution < 1.29 is 19.1 Å². The lowest BCUT2D eigenvalue weighted by atomic mass is 9.79. The lowest BCUT2D eigenvalue weighted by Gasteiger charge is -2.28. The van der Waals surface area contributed by atoms with Crippen LogP contribution in [0.4, 0.5) is 0 Å². The predicted molar refractivity (Wildman–Crippen MR) is 103 cm³/mol. The molecule has 6 heteroatoms. The lowest BCUT2D eigenvalue weighted by molar-refractivity contribution is -0.158. The number of rotatable bonds is 8. The zero-order valence-electron chi connectivity index (χ0n) is 15.1. The van der Waals surface area contributed by atoms with Crippen molar-refractivity contribution >= 4 is 35.1 Å². The predicted octanol–water partition coefficient (Wildman–Crippen LogP) is 5.83. The number of ether oxygens (including phenoxy) is 2. The molecule has 2 rings (SSSR count). The summed E-state index contributed by atoms with van der Waals surface area (Å²) in [6, 6.07) is 4.89. The summed E-state index contributed by atoms with van der Waals surface area (Å²) in [5, 5.41) is 0.525.